The van der Waals surface area contributed by atoms with Gasteiger partial charge in [0.1, 0.15) is 6.04 Å². The van der Waals surface area contributed by atoms with Gasteiger partial charge in [-0.1, -0.05) is 0 Å². The molecule has 1 unspecified atom stereocenters. The SMILES string of the molecule is O=C(O)[C@@H](CCO)NC(=O)N1CCOC(CO)C1. The highest BCUT2D eigenvalue weighted by atomic mass is 16.5. The summed E-state index contributed by atoms with van der Waals surface area (Å²) in [5.74, 6) is -1.19. The third-order valence-corrected chi connectivity index (χ3v) is 2.64. The van der Waals surface area contributed by atoms with Gasteiger partial charge in [-0.3, -0.25) is 0 Å². The van der Waals surface area contributed by atoms with Crippen molar-refractivity contribution in [2.75, 3.05) is 32.9 Å². The number of amides is 2. The molecule has 0 aromatic rings. The highest BCUT2D eigenvalue weighted by molar-refractivity contribution is 5.82. The van der Waals surface area contributed by atoms with Gasteiger partial charge in [0.25, 0.3) is 0 Å². The first-order valence-corrected chi connectivity index (χ1v) is 5.70. The number of carbonyl (C=O) groups excluding carboxylic acids is 1. The number of hydrogen-bond donors (Lipinski definition) is 4. The summed E-state index contributed by atoms with van der Waals surface area (Å²) >= 11 is 0. The van der Waals surface area contributed by atoms with Crippen LogP contribution in [0.15, 0.2) is 0 Å². The monoisotopic (exact) mass is 262 g/mol. The molecule has 0 radical (unpaired) electrons. The molecule has 1 heterocycles. The number of nitrogens with zero attached hydrogens (tertiary/aromatic N) is 1. The number of carboxylic acids is 1. The van der Waals surface area contributed by atoms with E-state index in [4.69, 9.17) is 20.1 Å². The van der Waals surface area contributed by atoms with Gasteiger partial charge in [0.2, 0.25) is 0 Å². The minimum atomic E-state index is -1.19. The lowest BCUT2D eigenvalue weighted by atomic mass is 10.2. The molecule has 4 N–H and O–H groups in total. The maximum atomic E-state index is 11.8. The van der Waals surface area contributed by atoms with Crippen LogP contribution in [0.2, 0.25) is 0 Å². The molecule has 1 saturated heterocycles. The lowest BCUT2D eigenvalue weighted by Crippen LogP contribution is -2.54. The molecule has 0 bridgehead atoms. The van der Waals surface area contributed by atoms with E-state index in [1.807, 2.05) is 0 Å². The summed E-state index contributed by atoms with van der Waals surface area (Å²) in [4.78, 5) is 24.0. The van der Waals surface area contributed by atoms with Crippen LogP contribution in [0.5, 0.6) is 0 Å². The summed E-state index contributed by atoms with van der Waals surface area (Å²) in [7, 11) is 0. The fourth-order valence-electron chi connectivity index (χ4n) is 1.64. The van der Waals surface area contributed by atoms with Gasteiger partial charge < -0.3 is 30.3 Å². The van der Waals surface area contributed by atoms with Crippen LogP contribution in [-0.2, 0) is 9.53 Å². The van der Waals surface area contributed by atoms with Crippen molar-refractivity contribution in [2.24, 2.45) is 0 Å². The second-order valence-electron chi connectivity index (χ2n) is 3.97. The Morgan fingerprint density at radius 3 is 2.72 bits per heavy atom. The lowest BCUT2D eigenvalue weighted by Gasteiger charge is -2.32. The molecule has 104 valence electrons. The fraction of sp³-hybridized carbons (Fsp3) is 0.800. The van der Waals surface area contributed by atoms with Crippen LogP contribution < -0.4 is 5.32 Å². The molecule has 0 aromatic carbocycles. The molecule has 1 aliphatic rings. The quantitative estimate of drug-likeness (QED) is 0.465. The van der Waals surface area contributed by atoms with Crippen LogP contribution in [0, 0.1) is 0 Å². The summed E-state index contributed by atoms with van der Waals surface area (Å²) in [5, 5.41) is 28.8. The molecule has 1 aliphatic heterocycles. The van der Waals surface area contributed by atoms with E-state index < -0.39 is 24.1 Å². The third kappa shape index (κ3) is 4.13. The van der Waals surface area contributed by atoms with Crippen LogP contribution >= 0.6 is 0 Å². The lowest BCUT2D eigenvalue weighted by molar-refractivity contribution is -0.139. The van der Waals surface area contributed by atoms with Crippen molar-refractivity contribution in [3.8, 4) is 0 Å². The standard InChI is InChI=1S/C10H18N2O6/c13-3-1-8(9(15)16)11-10(17)12-2-4-18-7(5-12)6-14/h7-8,13-14H,1-6H2,(H,11,17)(H,15,16)/t7?,8-/m1/s1. The second kappa shape index (κ2) is 7.14. The first kappa shape index (κ1) is 14.7. The number of carboxylic acid groups (broad SMARTS) is 1. The van der Waals surface area contributed by atoms with Crippen molar-refractivity contribution >= 4 is 12.0 Å². The number of nitrogens with one attached hydrogen (secondary N) is 1. The molecule has 8 heteroatoms. The number of ether oxygens (including phenoxy) is 1. The van der Waals surface area contributed by atoms with Gasteiger partial charge in [-0.15, -0.1) is 0 Å². The van der Waals surface area contributed by atoms with Crippen molar-refractivity contribution in [3.05, 3.63) is 0 Å². The van der Waals surface area contributed by atoms with Crippen LogP contribution in [0.1, 0.15) is 6.42 Å². The van der Waals surface area contributed by atoms with E-state index >= 15 is 0 Å². The van der Waals surface area contributed by atoms with E-state index in [9.17, 15) is 9.59 Å². The van der Waals surface area contributed by atoms with Crippen molar-refractivity contribution < 1.29 is 29.6 Å². The molecular formula is C10H18N2O6. The zero-order valence-corrected chi connectivity index (χ0v) is 9.91. The molecule has 2 atom stereocenters. The summed E-state index contributed by atoms with van der Waals surface area (Å²) in [6, 6.07) is -1.64. The van der Waals surface area contributed by atoms with Crippen LogP contribution in [0.25, 0.3) is 0 Å². The number of aliphatic hydroxyl groups is 2. The summed E-state index contributed by atoms with van der Waals surface area (Å²) in [5.41, 5.74) is 0. The zero-order chi connectivity index (χ0) is 13.5. The van der Waals surface area contributed by atoms with Gasteiger partial charge in [0.05, 0.1) is 25.9 Å². The van der Waals surface area contributed by atoms with Crippen LogP contribution in [-0.4, -0.2) is 77.3 Å². The predicted molar refractivity (Wildman–Crippen MR) is 60.1 cm³/mol. The molecule has 1 fully saturated rings. The van der Waals surface area contributed by atoms with Crippen molar-refractivity contribution in [2.45, 2.75) is 18.6 Å². The largest absolute Gasteiger partial charge is 0.480 e. The van der Waals surface area contributed by atoms with E-state index in [1.54, 1.807) is 0 Å². The van der Waals surface area contributed by atoms with Crippen LogP contribution in [0.4, 0.5) is 4.79 Å². The molecule has 18 heavy (non-hydrogen) atoms. The predicted octanol–water partition coefficient (Wildman–Crippen LogP) is -1.78. The highest BCUT2D eigenvalue weighted by Crippen LogP contribution is 2.05. The van der Waals surface area contributed by atoms with Gasteiger partial charge in [-0.05, 0) is 0 Å². The Bertz CT molecular complexity index is 298. The Balaban J connectivity index is 2.50. The average molecular weight is 262 g/mol. The van der Waals surface area contributed by atoms with Gasteiger partial charge in [0, 0.05) is 19.6 Å². The van der Waals surface area contributed by atoms with Gasteiger partial charge >= 0.3 is 12.0 Å². The molecule has 1 rings (SSSR count). The third-order valence-electron chi connectivity index (χ3n) is 2.64. The minimum Gasteiger partial charge on any atom is -0.480 e. The van der Waals surface area contributed by atoms with Crippen molar-refractivity contribution in [1.29, 1.82) is 0 Å². The number of urea groups is 1. The first-order chi connectivity index (χ1) is 8.58. The average Bonchev–Trinajstić information content (AvgIpc) is 2.38. The fourth-order valence-corrected chi connectivity index (χ4v) is 1.64. The maximum Gasteiger partial charge on any atom is 0.326 e. The number of hydrogen-bond acceptors (Lipinski definition) is 5. The first-order valence-electron chi connectivity index (χ1n) is 5.70. The highest BCUT2D eigenvalue weighted by Gasteiger charge is 2.27. The Kier molecular flexibility index (Phi) is 5.83. The maximum absolute atomic E-state index is 11.8. The molecule has 8 nitrogen and oxygen atoms in total. The Morgan fingerprint density at radius 1 is 1.44 bits per heavy atom. The second-order valence-corrected chi connectivity index (χ2v) is 3.97. The smallest absolute Gasteiger partial charge is 0.326 e. The number of aliphatic hydroxyl groups excluding tert-OH is 2. The normalized spacial score (nSPS) is 21.4. The van der Waals surface area contributed by atoms with E-state index in [0.717, 1.165) is 0 Å². The minimum absolute atomic E-state index is 0.0468. The summed E-state index contributed by atoms with van der Waals surface area (Å²) < 4.78 is 5.18. The molecule has 2 amide bonds. The Morgan fingerprint density at radius 2 is 2.17 bits per heavy atom. The van der Waals surface area contributed by atoms with E-state index in [-0.39, 0.29) is 26.2 Å². The number of carbonyl (C=O) groups is 2. The topological polar surface area (TPSA) is 119 Å². The van der Waals surface area contributed by atoms with Gasteiger partial charge in [-0.2, -0.15) is 0 Å². The van der Waals surface area contributed by atoms with Crippen molar-refractivity contribution in [1.82, 2.24) is 10.2 Å². The van der Waals surface area contributed by atoms with Gasteiger partial charge in [-0.25, -0.2) is 9.59 Å². The van der Waals surface area contributed by atoms with E-state index in [2.05, 4.69) is 5.32 Å². The number of aliphatic carboxylic acids is 1. The molecule has 0 saturated carbocycles. The van der Waals surface area contributed by atoms with Crippen LogP contribution in [0.3, 0.4) is 0 Å². The summed E-state index contributed by atoms with van der Waals surface area (Å²) in [6.07, 6.45) is -0.486. The Labute approximate surface area is 104 Å². The summed E-state index contributed by atoms with van der Waals surface area (Å²) in [6.45, 7) is 0.348. The Hall–Kier alpha value is -1.38. The molecule has 0 aliphatic carbocycles. The van der Waals surface area contributed by atoms with E-state index in [0.29, 0.717) is 13.2 Å². The number of morpholine rings is 1. The van der Waals surface area contributed by atoms with E-state index in [1.165, 1.54) is 4.90 Å². The molecule has 0 spiro atoms. The zero-order valence-electron chi connectivity index (χ0n) is 9.91. The number of rotatable bonds is 5. The van der Waals surface area contributed by atoms with Crippen molar-refractivity contribution in [3.63, 3.8) is 0 Å². The van der Waals surface area contributed by atoms with Gasteiger partial charge in [0.15, 0.2) is 0 Å². The molecular weight excluding hydrogens is 244 g/mol. The molecule has 0 aromatic heterocycles.